The number of hydrogen-bond acceptors (Lipinski definition) is 1. The fraction of sp³-hybridized carbons (Fsp3) is 0.818. The summed E-state index contributed by atoms with van der Waals surface area (Å²) in [7, 11) is 0. The van der Waals surface area contributed by atoms with Crippen LogP contribution in [-0.4, -0.2) is 12.7 Å². The topological polar surface area (TPSA) is 9.23 Å². The van der Waals surface area contributed by atoms with Gasteiger partial charge in [0, 0.05) is 0 Å². The molecule has 0 aromatic carbocycles. The molecule has 0 aromatic rings. The molecule has 0 heterocycles. The molecule has 0 aliphatic heterocycles. The molecule has 0 unspecified atom stereocenters. The van der Waals surface area contributed by atoms with Crippen molar-refractivity contribution in [3.63, 3.8) is 0 Å². The molecule has 0 atom stereocenters. The molecule has 23 heavy (non-hydrogen) atoms. The summed E-state index contributed by atoms with van der Waals surface area (Å²) in [5, 5.41) is 0. The molecule has 0 bridgehead atoms. The van der Waals surface area contributed by atoms with Crippen LogP contribution >= 0.6 is 0 Å². The van der Waals surface area contributed by atoms with Crippen molar-refractivity contribution in [3.05, 3.63) is 24.3 Å². The summed E-state index contributed by atoms with van der Waals surface area (Å²) in [5.41, 5.74) is 0. The number of rotatable bonds is 8. The lowest BCUT2D eigenvalue weighted by Gasteiger charge is -2.37. The van der Waals surface area contributed by atoms with E-state index in [0.29, 0.717) is 6.10 Å². The van der Waals surface area contributed by atoms with Crippen molar-refractivity contribution < 1.29 is 4.74 Å². The Hall–Kier alpha value is -0.560. The zero-order valence-electron chi connectivity index (χ0n) is 15.5. The SMILES string of the molecule is CC=CCOC1CCC(C2CCC(CCC=CCC)CC2)CC1. The molecule has 2 aliphatic rings. The van der Waals surface area contributed by atoms with E-state index in [1.807, 2.05) is 0 Å². The maximum atomic E-state index is 5.95. The Morgan fingerprint density at radius 2 is 1.48 bits per heavy atom. The van der Waals surface area contributed by atoms with Gasteiger partial charge in [0.15, 0.2) is 0 Å². The van der Waals surface area contributed by atoms with E-state index < -0.39 is 0 Å². The third kappa shape index (κ3) is 6.83. The highest BCUT2D eigenvalue weighted by Crippen LogP contribution is 2.41. The lowest BCUT2D eigenvalue weighted by atomic mass is 9.70. The minimum atomic E-state index is 0.532. The first-order valence-corrected chi connectivity index (χ1v) is 10.2. The monoisotopic (exact) mass is 318 g/mol. The molecule has 0 amide bonds. The number of ether oxygens (including phenoxy) is 1. The molecule has 0 radical (unpaired) electrons. The highest BCUT2D eigenvalue weighted by Gasteiger charge is 2.30. The van der Waals surface area contributed by atoms with Crippen LogP contribution in [0.1, 0.15) is 84.5 Å². The molecule has 2 aliphatic carbocycles. The van der Waals surface area contributed by atoms with E-state index in [9.17, 15) is 0 Å². The second-order valence-corrected chi connectivity index (χ2v) is 7.68. The Bertz CT molecular complexity index is 341. The van der Waals surface area contributed by atoms with Gasteiger partial charge in [-0.1, -0.05) is 44.1 Å². The van der Waals surface area contributed by atoms with Crippen LogP contribution in [0.25, 0.3) is 0 Å². The smallest absolute Gasteiger partial charge is 0.0651 e. The lowest BCUT2D eigenvalue weighted by molar-refractivity contribution is 0.0210. The van der Waals surface area contributed by atoms with Crippen molar-refractivity contribution in [1.82, 2.24) is 0 Å². The van der Waals surface area contributed by atoms with Gasteiger partial charge in [-0.25, -0.2) is 0 Å². The van der Waals surface area contributed by atoms with Gasteiger partial charge in [-0.05, 0) is 82.5 Å². The van der Waals surface area contributed by atoms with Crippen LogP contribution in [0.15, 0.2) is 24.3 Å². The first kappa shape index (κ1) is 18.8. The van der Waals surface area contributed by atoms with Crippen LogP contribution in [0.3, 0.4) is 0 Å². The average Bonchev–Trinajstić information content (AvgIpc) is 2.60. The molecule has 0 aromatic heterocycles. The first-order chi connectivity index (χ1) is 11.3. The molecular formula is C22H38O. The van der Waals surface area contributed by atoms with E-state index in [2.05, 4.69) is 38.2 Å². The Labute approximate surface area is 144 Å². The van der Waals surface area contributed by atoms with Crippen LogP contribution in [0, 0.1) is 17.8 Å². The van der Waals surface area contributed by atoms with Crippen molar-refractivity contribution in [2.45, 2.75) is 90.6 Å². The summed E-state index contributed by atoms with van der Waals surface area (Å²) in [6.07, 6.45) is 24.8. The van der Waals surface area contributed by atoms with Gasteiger partial charge in [-0.3, -0.25) is 0 Å². The zero-order valence-corrected chi connectivity index (χ0v) is 15.5. The Morgan fingerprint density at radius 1 is 0.826 bits per heavy atom. The summed E-state index contributed by atoms with van der Waals surface area (Å²) in [6.45, 7) is 5.10. The molecule has 2 fully saturated rings. The van der Waals surface area contributed by atoms with Crippen molar-refractivity contribution >= 4 is 0 Å². The second kappa shape index (κ2) is 11.1. The van der Waals surface area contributed by atoms with Gasteiger partial charge in [-0.15, -0.1) is 0 Å². The molecule has 1 nitrogen and oxygen atoms in total. The van der Waals surface area contributed by atoms with Gasteiger partial charge in [-0.2, -0.15) is 0 Å². The van der Waals surface area contributed by atoms with Gasteiger partial charge in [0.1, 0.15) is 0 Å². The normalized spacial score (nSPS) is 32.8. The van der Waals surface area contributed by atoms with E-state index in [-0.39, 0.29) is 0 Å². The lowest BCUT2D eigenvalue weighted by Crippen LogP contribution is -2.28. The van der Waals surface area contributed by atoms with E-state index in [1.54, 1.807) is 0 Å². The minimum absolute atomic E-state index is 0.532. The summed E-state index contributed by atoms with van der Waals surface area (Å²) in [4.78, 5) is 0. The van der Waals surface area contributed by atoms with E-state index >= 15 is 0 Å². The van der Waals surface area contributed by atoms with Gasteiger partial charge in [0.2, 0.25) is 0 Å². The summed E-state index contributed by atoms with van der Waals surface area (Å²) >= 11 is 0. The molecule has 2 rings (SSSR count). The predicted molar refractivity (Wildman–Crippen MR) is 101 cm³/mol. The molecule has 1 heteroatoms. The summed E-state index contributed by atoms with van der Waals surface area (Å²) in [6, 6.07) is 0. The molecular weight excluding hydrogens is 280 g/mol. The standard InChI is InChI=1S/C22H38O/c1-3-5-7-8-9-19-10-12-20(13-11-19)21-14-16-22(17-15-21)23-18-6-4-2/h4-7,19-22H,3,8-18H2,1-2H3. The first-order valence-electron chi connectivity index (χ1n) is 10.2. The fourth-order valence-corrected chi connectivity index (χ4v) is 4.58. The summed E-state index contributed by atoms with van der Waals surface area (Å²) in [5.74, 6) is 3.03. The highest BCUT2D eigenvalue weighted by atomic mass is 16.5. The van der Waals surface area contributed by atoms with Crippen molar-refractivity contribution in [1.29, 1.82) is 0 Å². The second-order valence-electron chi connectivity index (χ2n) is 7.68. The van der Waals surface area contributed by atoms with E-state index in [0.717, 1.165) is 24.4 Å². The van der Waals surface area contributed by atoms with Crippen LogP contribution in [-0.2, 0) is 4.74 Å². The average molecular weight is 319 g/mol. The molecule has 132 valence electrons. The number of allylic oxidation sites excluding steroid dienone is 3. The maximum absolute atomic E-state index is 5.95. The molecule has 2 saturated carbocycles. The molecule has 0 saturated heterocycles. The van der Waals surface area contributed by atoms with Gasteiger partial charge in [0.05, 0.1) is 12.7 Å². The van der Waals surface area contributed by atoms with Crippen LogP contribution < -0.4 is 0 Å². The van der Waals surface area contributed by atoms with Gasteiger partial charge >= 0.3 is 0 Å². The molecule has 0 N–H and O–H groups in total. The van der Waals surface area contributed by atoms with Crippen LogP contribution in [0.4, 0.5) is 0 Å². The van der Waals surface area contributed by atoms with Crippen LogP contribution in [0.5, 0.6) is 0 Å². The quantitative estimate of drug-likeness (QED) is 0.453. The third-order valence-corrected chi connectivity index (χ3v) is 6.08. The van der Waals surface area contributed by atoms with Crippen molar-refractivity contribution in [2.24, 2.45) is 17.8 Å². The Kier molecular flexibility index (Phi) is 9.04. The van der Waals surface area contributed by atoms with E-state index in [1.165, 1.54) is 70.6 Å². The predicted octanol–water partition coefficient (Wildman–Crippen LogP) is 6.69. The largest absolute Gasteiger partial charge is 0.374 e. The van der Waals surface area contributed by atoms with Crippen molar-refractivity contribution in [2.75, 3.05) is 6.61 Å². The maximum Gasteiger partial charge on any atom is 0.0651 e. The van der Waals surface area contributed by atoms with Gasteiger partial charge in [0.25, 0.3) is 0 Å². The van der Waals surface area contributed by atoms with Crippen molar-refractivity contribution in [3.8, 4) is 0 Å². The fourth-order valence-electron chi connectivity index (χ4n) is 4.58. The zero-order chi connectivity index (χ0) is 16.3. The molecule has 0 spiro atoms. The van der Waals surface area contributed by atoms with Crippen LogP contribution in [0.2, 0.25) is 0 Å². The minimum Gasteiger partial charge on any atom is -0.374 e. The van der Waals surface area contributed by atoms with E-state index in [4.69, 9.17) is 4.74 Å². The highest BCUT2D eigenvalue weighted by molar-refractivity contribution is 4.85. The number of hydrogen-bond donors (Lipinski definition) is 0. The third-order valence-electron chi connectivity index (χ3n) is 6.08. The Balaban J connectivity index is 1.60. The summed E-state index contributed by atoms with van der Waals surface area (Å²) < 4.78 is 5.95. The van der Waals surface area contributed by atoms with Gasteiger partial charge < -0.3 is 4.74 Å². The Morgan fingerprint density at radius 3 is 2.09 bits per heavy atom.